The van der Waals surface area contributed by atoms with Gasteiger partial charge in [-0.1, -0.05) is 18.2 Å². The summed E-state index contributed by atoms with van der Waals surface area (Å²) in [6, 6.07) is 11.7. The predicted octanol–water partition coefficient (Wildman–Crippen LogP) is 1.53. The van der Waals surface area contributed by atoms with Crippen LogP contribution in [0.1, 0.15) is 17.3 Å². The molecule has 0 spiro atoms. The minimum atomic E-state index is -0.933. The van der Waals surface area contributed by atoms with Crippen LogP contribution in [0.5, 0.6) is 0 Å². The molecule has 0 radical (unpaired) electrons. The Morgan fingerprint density at radius 1 is 1.14 bits per heavy atom. The largest absolute Gasteiger partial charge is 0.619 e. The lowest BCUT2D eigenvalue weighted by Gasteiger charge is -2.21. The van der Waals surface area contributed by atoms with Crippen LogP contribution in [0, 0.1) is 5.21 Å². The monoisotopic (exact) mass is 300 g/mol. The van der Waals surface area contributed by atoms with E-state index in [0.29, 0.717) is 10.4 Å². The molecule has 1 aromatic heterocycles. The lowest BCUT2D eigenvalue weighted by Crippen LogP contribution is -2.37. The molecule has 0 N–H and O–H groups in total. The molecule has 0 fully saturated rings. The van der Waals surface area contributed by atoms with E-state index in [4.69, 9.17) is 4.74 Å². The second-order valence-corrected chi connectivity index (χ2v) is 4.73. The lowest BCUT2D eigenvalue weighted by atomic mass is 10.2. The van der Waals surface area contributed by atoms with Crippen LogP contribution in [0.4, 0.5) is 5.69 Å². The highest BCUT2D eigenvalue weighted by Gasteiger charge is 2.23. The van der Waals surface area contributed by atoms with Gasteiger partial charge in [-0.2, -0.15) is 4.73 Å². The first-order valence-corrected chi connectivity index (χ1v) is 6.71. The summed E-state index contributed by atoms with van der Waals surface area (Å²) in [6.45, 7) is 1.51. The van der Waals surface area contributed by atoms with Crippen molar-refractivity contribution in [3.63, 3.8) is 0 Å². The number of benzene rings is 1. The van der Waals surface area contributed by atoms with Crippen molar-refractivity contribution in [3.8, 4) is 0 Å². The molecule has 2 aromatic rings. The average Bonchev–Trinajstić information content (AvgIpc) is 2.54. The molecule has 22 heavy (non-hydrogen) atoms. The molecule has 2 rings (SSSR count). The van der Waals surface area contributed by atoms with Crippen LogP contribution in [0.3, 0.4) is 0 Å². The van der Waals surface area contributed by atoms with E-state index in [1.54, 1.807) is 19.2 Å². The number of hydrogen-bond acceptors (Lipinski definition) is 4. The molecule has 0 bridgehead atoms. The molecule has 0 aliphatic rings. The number of hydrogen-bond donors (Lipinski definition) is 0. The van der Waals surface area contributed by atoms with Crippen molar-refractivity contribution in [3.05, 3.63) is 65.6 Å². The predicted molar refractivity (Wildman–Crippen MR) is 80.1 cm³/mol. The first-order valence-electron chi connectivity index (χ1n) is 6.71. The van der Waals surface area contributed by atoms with Gasteiger partial charge < -0.3 is 14.8 Å². The molecule has 0 saturated heterocycles. The third kappa shape index (κ3) is 3.60. The van der Waals surface area contributed by atoms with Crippen LogP contribution in [-0.4, -0.2) is 25.0 Å². The number of carbonyl (C=O) groups is 2. The third-order valence-corrected chi connectivity index (χ3v) is 3.14. The number of nitrogens with zero attached hydrogens (tertiary/aromatic N) is 2. The number of esters is 1. The normalized spacial score (nSPS) is 11.5. The molecule has 0 aliphatic carbocycles. The van der Waals surface area contributed by atoms with Crippen molar-refractivity contribution in [2.45, 2.75) is 13.0 Å². The molecule has 1 atom stereocenters. The number of amides is 1. The molecule has 0 saturated carbocycles. The van der Waals surface area contributed by atoms with Crippen LogP contribution < -0.4 is 9.63 Å². The molecule has 6 heteroatoms. The van der Waals surface area contributed by atoms with Gasteiger partial charge in [0.2, 0.25) is 0 Å². The van der Waals surface area contributed by atoms with E-state index in [1.807, 2.05) is 18.2 Å². The maximum atomic E-state index is 12.3. The zero-order valence-electron chi connectivity index (χ0n) is 12.3. The van der Waals surface area contributed by atoms with Gasteiger partial charge in [0.15, 0.2) is 18.5 Å². The van der Waals surface area contributed by atoms with Gasteiger partial charge in [-0.15, -0.1) is 0 Å². The second-order valence-electron chi connectivity index (χ2n) is 4.73. The standard InChI is InChI=1S/C16H16N2O4/c1-12(15(19)17(2)14-6-4-3-5-7-14)22-16(20)13-8-10-18(21)11-9-13/h3-12H,1-2H3/t12-/m1/s1. The summed E-state index contributed by atoms with van der Waals surface area (Å²) < 4.78 is 5.70. The zero-order chi connectivity index (χ0) is 16.1. The highest BCUT2D eigenvalue weighted by molar-refractivity contribution is 5.98. The third-order valence-electron chi connectivity index (χ3n) is 3.14. The van der Waals surface area contributed by atoms with Crippen molar-refractivity contribution < 1.29 is 19.1 Å². The summed E-state index contributed by atoms with van der Waals surface area (Å²) in [5, 5.41) is 10.9. The molecular weight excluding hydrogens is 284 g/mol. The molecule has 1 heterocycles. The fourth-order valence-electron chi connectivity index (χ4n) is 1.88. The van der Waals surface area contributed by atoms with E-state index in [2.05, 4.69) is 0 Å². The van der Waals surface area contributed by atoms with Crippen molar-refractivity contribution >= 4 is 17.6 Å². The van der Waals surface area contributed by atoms with E-state index in [1.165, 1.54) is 36.4 Å². The minimum Gasteiger partial charge on any atom is -0.619 e. The SMILES string of the molecule is C[C@@H](OC(=O)c1cc[n+]([O-])cc1)C(=O)N(C)c1ccccc1. The highest BCUT2D eigenvalue weighted by Crippen LogP contribution is 2.13. The van der Waals surface area contributed by atoms with Gasteiger partial charge in [-0.25, -0.2) is 4.79 Å². The Morgan fingerprint density at radius 2 is 1.73 bits per heavy atom. The first kappa shape index (κ1) is 15.5. The average molecular weight is 300 g/mol. The molecule has 0 aliphatic heterocycles. The van der Waals surface area contributed by atoms with Gasteiger partial charge in [0.25, 0.3) is 5.91 Å². The number of carbonyl (C=O) groups excluding carboxylic acids is 2. The molecule has 1 aromatic carbocycles. The Morgan fingerprint density at radius 3 is 2.32 bits per heavy atom. The molecule has 114 valence electrons. The number of para-hydroxylation sites is 1. The Balaban J connectivity index is 2.02. The lowest BCUT2D eigenvalue weighted by molar-refractivity contribution is -0.605. The molecule has 6 nitrogen and oxygen atoms in total. The Labute approximate surface area is 128 Å². The summed E-state index contributed by atoms with van der Waals surface area (Å²) in [6.07, 6.45) is 1.45. The van der Waals surface area contributed by atoms with Crippen LogP contribution in [-0.2, 0) is 9.53 Å². The fourth-order valence-corrected chi connectivity index (χ4v) is 1.88. The Bertz CT molecular complexity index is 656. The fraction of sp³-hybridized carbons (Fsp3) is 0.188. The summed E-state index contributed by atoms with van der Waals surface area (Å²) in [5.41, 5.74) is 0.927. The van der Waals surface area contributed by atoms with Crippen molar-refractivity contribution in [1.82, 2.24) is 0 Å². The zero-order valence-corrected chi connectivity index (χ0v) is 12.3. The molecular formula is C16H16N2O4. The van der Waals surface area contributed by atoms with E-state index in [-0.39, 0.29) is 11.5 Å². The summed E-state index contributed by atoms with van der Waals surface area (Å²) in [5.74, 6) is -0.989. The van der Waals surface area contributed by atoms with Crippen molar-refractivity contribution in [2.24, 2.45) is 0 Å². The maximum Gasteiger partial charge on any atom is 0.339 e. The molecule has 0 unspecified atom stereocenters. The topological polar surface area (TPSA) is 73.5 Å². The smallest absolute Gasteiger partial charge is 0.339 e. The molecule has 1 amide bonds. The Kier molecular flexibility index (Phi) is 4.73. The van der Waals surface area contributed by atoms with E-state index >= 15 is 0 Å². The van der Waals surface area contributed by atoms with Crippen LogP contribution in [0.2, 0.25) is 0 Å². The number of likely N-dealkylation sites (N-methyl/N-ethyl adjacent to an activating group) is 1. The van der Waals surface area contributed by atoms with Crippen molar-refractivity contribution in [1.29, 1.82) is 0 Å². The number of anilines is 1. The number of rotatable bonds is 4. The van der Waals surface area contributed by atoms with Gasteiger partial charge in [0.1, 0.15) is 0 Å². The summed E-state index contributed by atoms with van der Waals surface area (Å²) in [4.78, 5) is 25.6. The van der Waals surface area contributed by atoms with Gasteiger partial charge in [0.05, 0.1) is 5.56 Å². The van der Waals surface area contributed by atoms with Gasteiger partial charge >= 0.3 is 5.97 Å². The van der Waals surface area contributed by atoms with E-state index in [9.17, 15) is 14.8 Å². The Hall–Kier alpha value is -2.89. The van der Waals surface area contributed by atoms with Gasteiger partial charge in [-0.3, -0.25) is 4.79 Å². The number of aromatic nitrogens is 1. The van der Waals surface area contributed by atoms with E-state index < -0.39 is 12.1 Å². The van der Waals surface area contributed by atoms with Crippen LogP contribution >= 0.6 is 0 Å². The van der Waals surface area contributed by atoms with E-state index in [0.717, 1.165) is 0 Å². The minimum absolute atomic E-state index is 0.217. The number of pyridine rings is 1. The summed E-state index contributed by atoms with van der Waals surface area (Å²) in [7, 11) is 1.62. The van der Waals surface area contributed by atoms with Gasteiger partial charge in [-0.05, 0) is 19.1 Å². The second kappa shape index (κ2) is 6.71. The highest BCUT2D eigenvalue weighted by atomic mass is 16.5. The summed E-state index contributed by atoms with van der Waals surface area (Å²) >= 11 is 0. The van der Waals surface area contributed by atoms with Crippen LogP contribution in [0.15, 0.2) is 54.9 Å². The van der Waals surface area contributed by atoms with Crippen molar-refractivity contribution in [2.75, 3.05) is 11.9 Å². The maximum absolute atomic E-state index is 12.3. The number of ether oxygens (including phenoxy) is 1. The van der Waals surface area contributed by atoms with Crippen LogP contribution in [0.25, 0.3) is 0 Å². The van der Waals surface area contributed by atoms with Gasteiger partial charge in [0, 0.05) is 24.9 Å². The quantitative estimate of drug-likeness (QED) is 0.487. The first-order chi connectivity index (χ1) is 10.5.